The number of pyridine rings is 1. The molecule has 1 aromatic carbocycles. The second kappa shape index (κ2) is 2.70. The molecule has 0 aliphatic carbocycles. The second-order valence-corrected chi connectivity index (χ2v) is 3.55. The van der Waals surface area contributed by atoms with E-state index in [0.717, 1.165) is 22.2 Å². The minimum Gasteiger partial charge on any atom is -0.338 e. The van der Waals surface area contributed by atoms with Crippen LogP contribution in [0.5, 0.6) is 0 Å². The van der Waals surface area contributed by atoms with Gasteiger partial charge in [-0.05, 0) is 13.0 Å². The molecule has 0 amide bonds. The number of aryl methyl sites for hydroxylation is 1. The number of H-pyrrole nitrogens is 2. The first kappa shape index (κ1) is 8.23. The number of nitrogens with one attached hydrogen (secondary N) is 2. The van der Waals surface area contributed by atoms with Crippen LogP contribution in [-0.4, -0.2) is 15.0 Å². The van der Waals surface area contributed by atoms with Gasteiger partial charge >= 0.3 is 0 Å². The van der Waals surface area contributed by atoms with Gasteiger partial charge in [0.1, 0.15) is 16.9 Å². The van der Waals surface area contributed by atoms with Crippen LogP contribution in [0.2, 0.25) is 0 Å². The third-order valence-electron chi connectivity index (χ3n) is 2.48. The maximum Gasteiger partial charge on any atom is 0.274 e. The molecule has 0 saturated carbocycles. The third-order valence-corrected chi connectivity index (χ3v) is 2.48. The quantitative estimate of drug-likeness (QED) is 0.579. The summed E-state index contributed by atoms with van der Waals surface area (Å²) in [6, 6.07) is 7.65. The lowest BCUT2D eigenvalue weighted by atomic mass is 10.2. The van der Waals surface area contributed by atoms with Crippen molar-refractivity contribution in [3.05, 3.63) is 40.4 Å². The van der Waals surface area contributed by atoms with Gasteiger partial charge in [-0.3, -0.25) is 4.79 Å². The Hall–Kier alpha value is -2.10. The molecule has 0 aliphatic rings. The fourth-order valence-corrected chi connectivity index (χ4v) is 1.83. The molecular formula is C11H9N3O. The number of nitrogens with zero attached hydrogens (tertiary/aromatic N) is 1. The van der Waals surface area contributed by atoms with E-state index >= 15 is 0 Å². The molecule has 4 nitrogen and oxygen atoms in total. The number of aromatic amines is 2. The van der Waals surface area contributed by atoms with E-state index in [1.807, 2.05) is 31.2 Å². The highest BCUT2D eigenvalue weighted by atomic mass is 16.1. The molecule has 2 N–H and O–H groups in total. The SMILES string of the molecule is Cc1nc2c([nH]1)c(=O)[nH]c1ccccc12. The van der Waals surface area contributed by atoms with E-state index in [9.17, 15) is 4.79 Å². The molecule has 0 aliphatic heterocycles. The van der Waals surface area contributed by atoms with Crippen molar-refractivity contribution in [1.82, 2.24) is 15.0 Å². The molecular weight excluding hydrogens is 190 g/mol. The summed E-state index contributed by atoms with van der Waals surface area (Å²) in [6.07, 6.45) is 0. The maximum absolute atomic E-state index is 11.7. The van der Waals surface area contributed by atoms with Crippen LogP contribution in [-0.2, 0) is 0 Å². The number of benzene rings is 1. The zero-order valence-corrected chi connectivity index (χ0v) is 8.16. The highest BCUT2D eigenvalue weighted by Gasteiger charge is 2.07. The zero-order chi connectivity index (χ0) is 10.4. The van der Waals surface area contributed by atoms with Crippen molar-refractivity contribution in [2.45, 2.75) is 6.92 Å². The molecule has 0 saturated heterocycles. The molecule has 2 aromatic heterocycles. The van der Waals surface area contributed by atoms with E-state index in [0.29, 0.717) is 5.52 Å². The van der Waals surface area contributed by atoms with Crippen LogP contribution < -0.4 is 5.56 Å². The Bertz CT molecular complexity index is 708. The molecule has 0 atom stereocenters. The highest BCUT2D eigenvalue weighted by molar-refractivity contribution is 6.01. The monoisotopic (exact) mass is 199 g/mol. The lowest BCUT2D eigenvalue weighted by Gasteiger charge is -1.96. The average molecular weight is 199 g/mol. The van der Waals surface area contributed by atoms with Crippen molar-refractivity contribution in [2.24, 2.45) is 0 Å². The smallest absolute Gasteiger partial charge is 0.274 e. The standard InChI is InChI=1S/C11H9N3O/c1-6-12-9-7-4-2-3-5-8(7)14-11(15)10(9)13-6/h2-5H,1H3,(H,12,13)(H,14,15). The van der Waals surface area contributed by atoms with Gasteiger partial charge in [0, 0.05) is 5.39 Å². The fraction of sp³-hybridized carbons (Fsp3) is 0.0909. The molecule has 0 radical (unpaired) electrons. The van der Waals surface area contributed by atoms with Crippen molar-refractivity contribution in [1.29, 1.82) is 0 Å². The Balaban J connectivity index is 2.69. The zero-order valence-electron chi connectivity index (χ0n) is 8.16. The van der Waals surface area contributed by atoms with E-state index in [2.05, 4.69) is 15.0 Å². The first-order valence-corrected chi connectivity index (χ1v) is 4.73. The molecule has 2 heterocycles. The van der Waals surface area contributed by atoms with E-state index in [4.69, 9.17) is 0 Å². The van der Waals surface area contributed by atoms with Crippen LogP contribution in [0.15, 0.2) is 29.1 Å². The van der Waals surface area contributed by atoms with Gasteiger partial charge < -0.3 is 9.97 Å². The van der Waals surface area contributed by atoms with Crippen LogP contribution in [0.25, 0.3) is 21.9 Å². The molecule has 3 rings (SSSR count). The van der Waals surface area contributed by atoms with Crippen LogP contribution in [0.4, 0.5) is 0 Å². The second-order valence-electron chi connectivity index (χ2n) is 3.55. The summed E-state index contributed by atoms with van der Waals surface area (Å²) in [5, 5.41) is 0.969. The van der Waals surface area contributed by atoms with Crippen LogP contribution in [0.3, 0.4) is 0 Å². The topological polar surface area (TPSA) is 61.5 Å². The van der Waals surface area contributed by atoms with Crippen LogP contribution in [0.1, 0.15) is 5.82 Å². The van der Waals surface area contributed by atoms with Gasteiger partial charge in [-0.25, -0.2) is 4.98 Å². The summed E-state index contributed by atoms with van der Waals surface area (Å²) in [6.45, 7) is 1.84. The molecule has 0 spiro atoms. The first-order chi connectivity index (χ1) is 7.25. The molecule has 3 aromatic rings. The highest BCUT2D eigenvalue weighted by Crippen LogP contribution is 2.18. The molecule has 0 bridgehead atoms. The van der Waals surface area contributed by atoms with Gasteiger partial charge in [0.2, 0.25) is 0 Å². The molecule has 0 fully saturated rings. The number of para-hydroxylation sites is 1. The van der Waals surface area contributed by atoms with Gasteiger partial charge in [-0.1, -0.05) is 18.2 Å². The molecule has 0 unspecified atom stereocenters. The Morgan fingerprint density at radius 1 is 1.20 bits per heavy atom. The molecule has 74 valence electrons. The summed E-state index contributed by atoms with van der Waals surface area (Å²) in [5.41, 5.74) is 1.99. The Kier molecular flexibility index (Phi) is 1.48. The Morgan fingerprint density at radius 2 is 2.00 bits per heavy atom. The Morgan fingerprint density at radius 3 is 2.87 bits per heavy atom. The number of hydrogen-bond donors (Lipinski definition) is 2. The van der Waals surface area contributed by atoms with Crippen LogP contribution in [0, 0.1) is 6.92 Å². The van der Waals surface area contributed by atoms with Crippen molar-refractivity contribution < 1.29 is 0 Å². The van der Waals surface area contributed by atoms with E-state index in [1.54, 1.807) is 0 Å². The molecule has 15 heavy (non-hydrogen) atoms. The number of fused-ring (bicyclic) bond motifs is 3. The summed E-state index contributed by atoms with van der Waals surface area (Å²) >= 11 is 0. The average Bonchev–Trinajstić information content (AvgIpc) is 2.61. The third kappa shape index (κ3) is 1.08. The predicted octanol–water partition coefficient (Wildman–Crippen LogP) is 1.71. The van der Waals surface area contributed by atoms with Crippen molar-refractivity contribution >= 4 is 21.9 Å². The fourth-order valence-electron chi connectivity index (χ4n) is 1.83. The van der Waals surface area contributed by atoms with E-state index < -0.39 is 0 Å². The minimum absolute atomic E-state index is 0.121. The van der Waals surface area contributed by atoms with Gasteiger partial charge in [-0.2, -0.15) is 0 Å². The van der Waals surface area contributed by atoms with Gasteiger partial charge in [0.05, 0.1) is 5.52 Å². The predicted molar refractivity (Wildman–Crippen MR) is 59.0 cm³/mol. The van der Waals surface area contributed by atoms with Gasteiger partial charge in [0.25, 0.3) is 5.56 Å². The van der Waals surface area contributed by atoms with Crippen molar-refractivity contribution in [3.8, 4) is 0 Å². The number of aromatic nitrogens is 3. The van der Waals surface area contributed by atoms with Crippen molar-refractivity contribution in [3.63, 3.8) is 0 Å². The first-order valence-electron chi connectivity index (χ1n) is 4.73. The van der Waals surface area contributed by atoms with Gasteiger partial charge in [0.15, 0.2) is 0 Å². The van der Waals surface area contributed by atoms with E-state index in [-0.39, 0.29) is 5.56 Å². The summed E-state index contributed by atoms with van der Waals surface area (Å²) < 4.78 is 0. The normalized spacial score (nSPS) is 11.3. The number of hydrogen-bond acceptors (Lipinski definition) is 2. The van der Waals surface area contributed by atoms with Gasteiger partial charge in [-0.15, -0.1) is 0 Å². The molecule has 4 heteroatoms. The number of rotatable bonds is 0. The number of imidazole rings is 1. The lowest BCUT2D eigenvalue weighted by molar-refractivity contribution is 1.17. The largest absolute Gasteiger partial charge is 0.338 e. The maximum atomic E-state index is 11.7. The summed E-state index contributed by atoms with van der Waals surface area (Å²) in [4.78, 5) is 21.8. The van der Waals surface area contributed by atoms with E-state index in [1.165, 1.54) is 0 Å². The van der Waals surface area contributed by atoms with Crippen molar-refractivity contribution in [2.75, 3.05) is 0 Å². The summed E-state index contributed by atoms with van der Waals surface area (Å²) in [5.74, 6) is 0.756. The Labute approximate surface area is 85.0 Å². The summed E-state index contributed by atoms with van der Waals surface area (Å²) in [7, 11) is 0. The minimum atomic E-state index is -0.121. The lowest BCUT2D eigenvalue weighted by Crippen LogP contribution is -2.06. The van der Waals surface area contributed by atoms with Crippen LogP contribution >= 0.6 is 0 Å².